The highest BCUT2D eigenvalue weighted by Crippen LogP contribution is 2.60. The Hall–Kier alpha value is 0. The number of hydrogen-bond donors (Lipinski definition) is 0. The molecule has 2 aliphatic carbocycles. The Morgan fingerprint density at radius 1 is 1.30 bits per heavy atom. The van der Waals surface area contributed by atoms with Gasteiger partial charge in [-0.05, 0) is 36.5 Å². The molecule has 2 saturated carbocycles. The summed E-state index contributed by atoms with van der Waals surface area (Å²) < 4.78 is 0. The van der Waals surface area contributed by atoms with Crippen molar-refractivity contribution in [1.82, 2.24) is 0 Å². The van der Waals surface area contributed by atoms with Crippen molar-refractivity contribution in [1.29, 1.82) is 0 Å². The molecule has 0 heterocycles. The van der Waals surface area contributed by atoms with E-state index in [1.165, 1.54) is 24.7 Å². The van der Waals surface area contributed by atoms with Crippen molar-refractivity contribution in [3.63, 3.8) is 0 Å². The average molecular weight is 138 g/mol. The van der Waals surface area contributed by atoms with E-state index in [4.69, 9.17) is 0 Å². The molecule has 0 spiro atoms. The predicted molar refractivity (Wildman–Crippen MR) is 43.8 cm³/mol. The van der Waals surface area contributed by atoms with E-state index >= 15 is 0 Å². The fourth-order valence-electron chi connectivity index (χ4n) is 2.63. The van der Waals surface area contributed by atoms with Crippen molar-refractivity contribution in [2.24, 2.45) is 23.7 Å². The molecule has 58 valence electrons. The second-order valence-electron chi connectivity index (χ2n) is 4.23. The standard InChI is InChI=1S/C10H18/c1-3-4-9-7(2)10(9)8-5-6-8/h7-10H,3-6H2,1-2H3/t7?,9-,10?/m0/s1. The molecule has 10 heavy (non-hydrogen) atoms. The van der Waals surface area contributed by atoms with Crippen LogP contribution in [0.3, 0.4) is 0 Å². The molecule has 0 aromatic heterocycles. The fourth-order valence-corrected chi connectivity index (χ4v) is 2.63. The summed E-state index contributed by atoms with van der Waals surface area (Å²) in [5.74, 6) is 4.57. The van der Waals surface area contributed by atoms with Crippen molar-refractivity contribution >= 4 is 0 Å². The minimum atomic E-state index is 1.09. The van der Waals surface area contributed by atoms with E-state index in [9.17, 15) is 0 Å². The molecule has 2 aliphatic rings. The van der Waals surface area contributed by atoms with Gasteiger partial charge in [0.05, 0.1) is 0 Å². The van der Waals surface area contributed by atoms with Gasteiger partial charge in [-0.3, -0.25) is 0 Å². The maximum absolute atomic E-state index is 2.45. The highest BCUT2D eigenvalue weighted by molar-refractivity contribution is 5.01. The van der Waals surface area contributed by atoms with Crippen LogP contribution in [0.2, 0.25) is 0 Å². The maximum Gasteiger partial charge on any atom is -0.0326 e. The van der Waals surface area contributed by atoms with Crippen LogP contribution in [0, 0.1) is 23.7 Å². The van der Waals surface area contributed by atoms with Crippen LogP contribution >= 0.6 is 0 Å². The number of rotatable bonds is 3. The van der Waals surface area contributed by atoms with Crippen molar-refractivity contribution in [3.8, 4) is 0 Å². The van der Waals surface area contributed by atoms with Gasteiger partial charge in [0, 0.05) is 0 Å². The van der Waals surface area contributed by atoms with Crippen LogP contribution in [0.4, 0.5) is 0 Å². The Balaban J connectivity index is 1.79. The van der Waals surface area contributed by atoms with E-state index in [2.05, 4.69) is 13.8 Å². The summed E-state index contributed by atoms with van der Waals surface area (Å²) >= 11 is 0. The third-order valence-electron chi connectivity index (χ3n) is 3.42. The molecule has 0 aromatic carbocycles. The van der Waals surface area contributed by atoms with E-state index < -0.39 is 0 Å². The molecule has 0 heteroatoms. The lowest BCUT2D eigenvalue weighted by molar-refractivity contribution is 0.587. The third-order valence-corrected chi connectivity index (χ3v) is 3.42. The van der Waals surface area contributed by atoms with Gasteiger partial charge >= 0.3 is 0 Å². The van der Waals surface area contributed by atoms with Gasteiger partial charge in [-0.15, -0.1) is 0 Å². The third kappa shape index (κ3) is 0.980. The molecule has 2 fully saturated rings. The molecule has 0 N–H and O–H groups in total. The Morgan fingerprint density at radius 3 is 2.50 bits per heavy atom. The average Bonchev–Trinajstić information content (AvgIpc) is 2.72. The van der Waals surface area contributed by atoms with E-state index in [1.807, 2.05) is 0 Å². The normalized spacial score (nSPS) is 45.6. The van der Waals surface area contributed by atoms with E-state index in [-0.39, 0.29) is 0 Å². The number of hydrogen-bond acceptors (Lipinski definition) is 0. The van der Waals surface area contributed by atoms with Gasteiger partial charge in [0.1, 0.15) is 0 Å². The second-order valence-corrected chi connectivity index (χ2v) is 4.23. The summed E-state index contributed by atoms with van der Waals surface area (Å²) in [5.41, 5.74) is 0. The second kappa shape index (κ2) is 2.25. The predicted octanol–water partition coefficient (Wildman–Crippen LogP) is 3.08. The van der Waals surface area contributed by atoms with E-state index in [0.717, 1.165) is 11.8 Å². The molecule has 0 saturated heterocycles. The highest BCUT2D eigenvalue weighted by atomic mass is 14.6. The summed E-state index contributed by atoms with van der Waals surface area (Å²) in [5, 5.41) is 0. The first-order chi connectivity index (χ1) is 4.84. The van der Waals surface area contributed by atoms with Crippen molar-refractivity contribution in [2.75, 3.05) is 0 Å². The summed E-state index contributed by atoms with van der Waals surface area (Å²) in [6, 6.07) is 0. The van der Waals surface area contributed by atoms with Gasteiger partial charge in [-0.25, -0.2) is 0 Å². The van der Waals surface area contributed by atoms with Crippen LogP contribution in [0.5, 0.6) is 0 Å². The Kier molecular flexibility index (Phi) is 1.51. The molecule has 0 nitrogen and oxygen atoms in total. The Bertz CT molecular complexity index is 124. The lowest BCUT2D eigenvalue weighted by Crippen LogP contribution is -1.83. The first-order valence-electron chi connectivity index (χ1n) is 4.84. The molecule has 0 aliphatic heterocycles. The van der Waals surface area contributed by atoms with Crippen LogP contribution in [0.15, 0.2) is 0 Å². The molecular weight excluding hydrogens is 120 g/mol. The van der Waals surface area contributed by atoms with Crippen LogP contribution in [0.1, 0.15) is 39.5 Å². The SMILES string of the molecule is CCC[C@H]1C(C)C1C1CC1. The minimum Gasteiger partial charge on any atom is -0.0654 e. The van der Waals surface area contributed by atoms with Crippen molar-refractivity contribution in [2.45, 2.75) is 39.5 Å². The summed E-state index contributed by atoms with van der Waals surface area (Å²) in [6.07, 6.45) is 6.00. The molecule has 0 amide bonds. The Labute approximate surface area is 64.0 Å². The van der Waals surface area contributed by atoms with Gasteiger partial charge in [0.15, 0.2) is 0 Å². The van der Waals surface area contributed by atoms with Crippen LogP contribution < -0.4 is 0 Å². The van der Waals surface area contributed by atoms with Crippen molar-refractivity contribution < 1.29 is 0 Å². The summed E-state index contributed by atoms with van der Waals surface area (Å²) in [4.78, 5) is 0. The maximum atomic E-state index is 2.45. The van der Waals surface area contributed by atoms with Gasteiger partial charge in [-0.1, -0.05) is 26.7 Å². The Morgan fingerprint density at radius 2 is 2.00 bits per heavy atom. The highest BCUT2D eigenvalue weighted by Gasteiger charge is 2.52. The molecular formula is C10H18. The van der Waals surface area contributed by atoms with Gasteiger partial charge in [0.2, 0.25) is 0 Å². The molecule has 0 bridgehead atoms. The minimum absolute atomic E-state index is 1.09. The molecule has 0 radical (unpaired) electrons. The summed E-state index contributed by atoms with van der Waals surface area (Å²) in [7, 11) is 0. The zero-order chi connectivity index (χ0) is 7.14. The lowest BCUT2D eigenvalue weighted by atomic mass is 10.1. The largest absolute Gasteiger partial charge is 0.0654 e. The van der Waals surface area contributed by atoms with Crippen molar-refractivity contribution in [3.05, 3.63) is 0 Å². The van der Waals surface area contributed by atoms with Gasteiger partial charge in [-0.2, -0.15) is 0 Å². The van der Waals surface area contributed by atoms with E-state index in [1.54, 1.807) is 12.8 Å². The van der Waals surface area contributed by atoms with Crippen LogP contribution in [-0.4, -0.2) is 0 Å². The van der Waals surface area contributed by atoms with Gasteiger partial charge < -0.3 is 0 Å². The topological polar surface area (TPSA) is 0 Å². The lowest BCUT2D eigenvalue weighted by Gasteiger charge is -1.91. The fraction of sp³-hybridized carbons (Fsp3) is 1.00. The molecule has 2 unspecified atom stereocenters. The summed E-state index contributed by atoms with van der Waals surface area (Å²) in [6.45, 7) is 4.76. The quantitative estimate of drug-likeness (QED) is 0.562. The zero-order valence-corrected chi connectivity index (χ0v) is 7.14. The molecule has 3 atom stereocenters. The molecule has 2 rings (SSSR count). The zero-order valence-electron chi connectivity index (χ0n) is 7.14. The van der Waals surface area contributed by atoms with Crippen LogP contribution in [0.25, 0.3) is 0 Å². The monoisotopic (exact) mass is 138 g/mol. The first kappa shape index (κ1) is 6.69. The smallest absolute Gasteiger partial charge is 0.0326 e. The van der Waals surface area contributed by atoms with Gasteiger partial charge in [0.25, 0.3) is 0 Å². The van der Waals surface area contributed by atoms with E-state index in [0.29, 0.717) is 0 Å². The first-order valence-corrected chi connectivity index (χ1v) is 4.84. The van der Waals surface area contributed by atoms with Crippen LogP contribution in [-0.2, 0) is 0 Å². The molecule has 0 aromatic rings.